The number of amides is 1. The summed E-state index contributed by atoms with van der Waals surface area (Å²) in [6, 6.07) is 4.93. The van der Waals surface area contributed by atoms with Gasteiger partial charge in [-0.2, -0.15) is 0 Å². The van der Waals surface area contributed by atoms with Crippen LogP contribution in [0.4, 0.5) is 4.39 Å². The smallest absolute Gasteiger partial charge is 0.256 e. The summed E-state index contributed by atoms with van der Waals surface area (Å²) in [4.78, 5) is 18.3. The van der Waals surface area contributed by atoms with E-state index in [1.807, 2.05) is 11.4 Å². The highest BCUT2D eigenvalue weighted by Gasteiger charge is 2.33. The number of thiophene rings is 1. The number of aromatic nitrogens is 1. The summed E-state index contributed by atoms with van der Waals surface area (Å²) in [5, 5.41) is 1.24. The van der Waals surface area contributed by atoms with Crippen molar-refractivity contribution in [3.63, 3.8) is 0 Å². The molecule has 0 radical (unpaired) electrons. The molecule has 3 rings (SSSR count). The van der Waals surface area contributed by atoms with E-state index in [9.17, 15) is 17.6 Å². The zero-order valence-corrected chi connectivity index (χ0v) is 13.8. The Kier molecular flexibility index (Phi) is 4.45. The molecule has 8 heteroatoms. The lowest BCUT2D eigenvalue weighted by Gasteiger charge is -2.20. The van der Waals surface area contributed by atoms with E-state index in [0.29, 0.717) is 6.42 Å². The average Bonchev–Trinajstić information content (AvgIpc) is 2.99. The number of rotatable bonds is 2. The van der Waals surface area contributed by atoms with E-state index in [2.05, 4.69) is 4.98 Å². The predicted molar refractivity (Wildman–Crippen MR) is 85.6 cm³/mol. The lowest BCUT2D eigenvalue weighted by molar-refractivity contribution is 0.0761. The summed E-state index contributed by atoms with van der Waals surface area (Å²) in [7, 11) is -3.33. The van der Waals surface area contributed by atoms with Gasteiger partial charge in [0.15, 0.2) is 15.7 Å². The number of carbonyl (C=O) groups excluding carboxylic acids is 1. The molecule has 1 atom stereocenters. The van der Waals surface area contributed by atoms with Gasteiger partial charge >= 0.3 is 0 Å². The monoisotopic (exact) mass is 354 g/mol. The Hall–Kier alpha value is -1.80. The van der Waals surface area contributed by atoms with Crippen molar-refractivity contribution < 1.29 is 17.6 Å². The molecule has 0 unspecified atom stereocenters. The molecule has 2 aromatic heterocycles. The van der Waals surface area contributed by atoms with Gasteiger partial charge in [-0.1, -0.05) is 6.07 Å². The van der Waals surface area contributed by atoms with Crippen LogP contribution in [0.3, 0.4) is 0 Å². The molecule has 1 fully saturated rings. The molecule has 23 heavy (non-hydrogen) atoms. The molecule has 0 spiro atoms. The number of halogens is 1. The SMILES string of the molecule is O=C(c1ccncc1F)N1CC[C@@H](c2cccs2)S(=O)(=O)CC1. The number of pyridine rings is 1. The van der Waals surface area contributed by atoms with Crippen molar-refractivity contribution in [3.05, 3.63) is 52.2 Å². The molecule has 0 aromatic carbocycles. The first-order chi connectivity index (χ1) is 11.0. The quantitative estimate of drug-likeness (QED) is 0.830. The van der Waals surface area contributed by atoms with Crippen molar-refractivity contribution in [2.45, 2.75) is 11.7 Å². The number of nitrogens with zero attached hydrogens (tertiary/aromatic N) is 2. The summed E-state index contributed by atoms with van der Waals surface area (Å²) in [6.45, 7) is 0.354. The maximum absolute atomic E-state index is 13.7. The van der Waals surface area contributed by atoms with Crippen molar-refractivity contribution in [3.8, 4) is 0 Å². The number of hydrogen-bond donors (Lipinski definition) is 0. The Balaban J connectivity index is 1.83. The maximum atomic E-state index is 13.7. The standard InChI is InChI=1S/C15H15FN2O3S2/c16-12-10-17-5-3-11(12)15(19)18-6-4-14(13-2-1-8-22-13)23(20,21)9-7-18/h1-3,5,8,10,14H,4,6-7,9H2/t14-/m0/s1. The van der Waals surface area contributed by atoms with Crippen LogP contribution in [0.25, 0.3) is 0 Å². The van der Waals surface area contributed by atoms with Crippen molar-refractivity contribution in [1.82, 2.24) is 9.88 Å². The number of sulfone groups is 1. The van der Waals surface area contributed by atoms with E-state index >= 15 is 0 Å². The molecule has 1 saturated heterocycles. The van der Waals surface area contributed by atoms with E-state index in [-0.39, 0.29) is 24.4 Å². The Morgan fingerprint density at radius 2 is 2.17 bits per heavy atom. The zero-order chi connectivity index (χ0) is 16.4. The van der Waals surface area contributed by atoms with E-state index < -0.39 is 26.8 Å². The third-order valence-corrected chi connectivity index (χ3v) is 7.13. The molecular weight excluding hydrogens is 339 g/mol. The summed E-state index contributed by atoms with van der Waals surface area (Å²) in [5.74, 6) is -1.31. The predicted octanol–water partition coefficient (Wildman–Crippen LogP) is 2.28. The minimum Gasteiger partial charge on any atom is -0.337 e. The molecule has 2 aromatic rings. The van der Waals surface area contributed by atoms with Gasteiger partial charge in [0.1, 0.15) is 0 Å². The van der Waals surface area contributed by atoms with Gasteiger partial charge in [-0.25, -0.2) is 12.8 Å². The first-order valence-corrected chi connectivity index (χ1v) is 9.72. The fraction of sp³-hybridized carbons (Fsp3) is 0.333. The van der Waals surface area contributed by atoms with Crippen LogP contribution in [0.2, 0.25) is 0 Å². The molecule has 5 nitrogen and oxygen atoms in total. The van der Waals surface area contributed by atoms with Gasteiger partial charge in [0.05, 0.1) is 22.8 Å². The minimum atomic E-state index is -3.33. The van der Waals surface area contributed by atoms with Crippen LogP contribution in [0, 0.1) is 5.82 Å². The van der Waals surface area contributed by atoms with Crippen LogP contribution in [0.1, 0.15) is 26.9 Å². The highest BCUT2D eigenvalue weighted by molar-refractivity contribution is 7.91. The van der Waals surface area contributed by atoms with Gasteiger partial charge < -0.3 is 4.90 Å². The van der Waals surface area contributed by atoms with Gasteiger partial charge in [0, 0.05) is 24.2 Å². The summed E-state index contributed by atoms with van der Waals surface area (Å²) >= 11 is 1.40. The Bertz CT molecular complexity index is 806. The third kappa shape index (κ3) is 3.28. The molecule has 3 heterocycles. The normalized spacial score (nSPS) is 20.9. The average molecular weight is 354 g/mol. The molecular formula is C15H15FN2O3S2. The molecule has 1 aliphatic rings. The van der Waals surface area contributed by atoms with Crippen LogP contribution in [-0.2, 0) is 9.84 Å². The van der Waals surface area contributed by atoms with Crippen molar-refractivity contribution in [1.29, 1.82) is 0 Å². The molecule has 0 saturated carbocycles. The van der Waals surface area contributed by atoms with Gasteiger partial charge in [-0.3, -0.25) is 9.78 Å². The van der Waals surface area contributed by atoms with Crippen LogP contribution in [0.5, 0.6) is 0 Å². The lowest BCUT2D eigenvalue weighted by atomic mass is 10.2. The second-order valence-electron chi connectivity index (χ2n) is 5.31. The molecule has 1 aliphatic heterocycles. The van der Waals surface area contributed by atoms with Crippen molar-refractivity contribution in [2.24, 2.45) is 0 Å². The van der Waals surface area contributed by atoms with Crippen molar-refractivity contribution >= 4 is 27.1 Å². The Labute approximate surface area is 137 Å². The molecule has 0 N–H and O–H groups in total. The minimum absolute atomic E-state index is 0.0742. The van der Waals surface area contributed by atoms with Gasteiger partial charge in [0.2, 0.25) is 0 Å². The van der Waals surface area contributed by atoms with Gasteiger partial charge in [0.25, 0.3) is 5.91 Å². The van der Waals surface area contributed by atoms with E-state index in [0.717, 1.165) is 11.1 Å². The van der Waals surface area contributed by atoms with E-state index in [1.54, 1.807) is 6.07 Å². The lowest BCUT2D eigenvalue weighted by Crippen LogP contribution is -2.34. The largest absolute Gasteiger partial charge is 0.337 e. The summed E-state index contributed by atoms with van der Waals surface area (Å²) in [5.41, 5.74) is -0.0769. The molecule has 0 bridgehead atoms. The van der Waals surface area contributed by atoms with Crippen LogP contribution >= 0.6 is 11.3 Å². The molecule has 122 valence electrons. The summed E-state index contributed by atoms with van der Waals surface area (Å²) < 4.78 is 38.6. The third-order valence-electron chi connectivity index (χ3n) is 3.89. The second-order valence-corrected chi connectivity index (χ2v) is 8.59. The molecule has 1 amide bonds. The fourth-order valence-corrected chi connectivity index (χ4v) is 5.66. The van der Waals surface area contributed by atoms with Crippen LogP contribution in [0.15, 0.2) is 36.0 Å². The van der Waals surface area contributed by atoms with Crippen molar-refractivity contribution in [2.75, 3.05) is 18.8 Å². The molecule has 0 aliphatic carbocycles. The summed E-state index contributed by atoms with van der Waals surface area (Å²) in [6.07, 6.45) is 2.65. The Morgan fingerprint density at radius 1 is 1.35 bits per heavy atom. The number of hydrogen-bond acceptors (Lipinski definition) is 5. The van der Waals surface area contributed by atoms with Gasteiger partial charge in [-0.05, 0) is 23.9 Å². The van der Waals surface area contributed by atoms with E-state index in [1.165, 1.54) is 28.5 Å². The van der Waals surface area contributed by atoms with Gasteiger partial charge in [-0.15, -0.1) is 11.3 Å². The van der Waals surface area contributed by atoms with Crippen LogP contribution < -0.4 is 0 Å². The van der Waals surface area contributed by atoms with E-state index in [4.69, 9.17) is 0 Å². The Morgan fingerprint density at radius 3 is 2.87 bits per heavy atom. The first kappa shape index (κ1) is 16.1. The zero-order valence-electron chi connectivity index (χ0n) is 12.2. The topological polar surface area (TPSA) is 67.3 Å². The second kappa shape index (κ2) is 6.37. The maximum Gasteiger partial charge on any atom is 0.256 e. The van der Waals surface area contributed by atoms with Crippen LogP contribution in [-0.4, -0.2) is 43.1 Å². The fourth-order valence-electron chi connectivity index (χ4n) is 2.66. The number of carbonyl (C=O) groups is 1. The highest BCUT2D eigenvalue weighted by Crippen LogP contribution is 2.32. The highest BCUT2D eigenvalue weighted by atomic mass is 32.2. The first-order valence-electron chi connectivity index (χ1n) is 7.13.